The van der Waals surface area contributed by atoms with Gasteiger partial charge in [-0.3, -0.25) is 4.79 Å². The van der Waals surface area contributed by atoms with Gasteiger partial charge in [0.15, 0.2) is 0 Å². The van der Waals surface area contributed by atoms with Crippen molar-refractivity contribution >= 4 is 21.8 Å². The van der Waals surface area contributed by atoms with Crippen LogP contribution in [0.2, 0.25) is 0 Å². The van der Waals surface area contributed by atoms with Crippen LogP contribution in [0, 0.1) is 0 Å². The van der Waals surface area contributed by atoms with Crippen LogP contribution in [0.3, 0.4) is 0 Å². The third kappa shape index (κ3) is 4.60. The number of amides is 1. The van der Waals surface area contributed by atoms with E-state index in [0.29, 0.717) is 19.6 Å². The van der Waals surface area contributed by atoms with E-state index >= 15 is 0 Å². The summed E-state index contributed by atoms with van der Waals surface area (Å²) in [7, 11) is 1.83. The van der Waals surface area contributed by atoms with Crippen molar-refractivity contribution in [1.29, 1.82) is 0 Å². The second-order valence-corrected chi connectivity index (χ2v) is 5.95. The molecule has 0 bridgehead atoms. The van der Waals surface area contributed by atoms with E-state index in [0.717, 1.165) is 21.3 Å². The van der Waals surface area contributed by atoms with Gasteiger partial charge in [0.25, 0.3) is 0 Å². The van der Waals surface area contributed by atoms with Gasteiger partial charge in [-0.15, -0.1) is 0 Å². The molecule has 3 nitrogen and oxygen atoms in total. The average molecular weight is 362 g/mol. The smallest absolute Gasteiger partial charge is 0.227 e. The van der Waals surface area contributed by atoms with Crippen LogP contribution in [0.25, 0.3) is 0 Å². The van der Waals surface area contributed by atoms with E-state index in [-0.39, 0.29) is 5.91 Å². The van der Waals surface area contributed by atoms with Crippen LogP contribution in [-0.4, -0.2) is 24.5 Å². The number of hydrogen-bond donors (Lipinski definition) is 0. The van der Waals surface area contributed by atoms with E-state index in [2.05, 4.69) is 15.9 Å². The van der Waals surface area contributed by atoms with Crippen molar-refractivity contribution in [2.75, 3.05) is 13.7 Å². The number of benzene rings is 2. The summed E-state index contributed by atoms with van der Waals surface area (Å²) in [4.78, 5) is 14.1. The molecule has 116 valence electrons. The molecule has 1 amide bonds. The molecular formula is C18H20BrNO2. The van der Waals surface area contributed by atoms with Crippen LogP contribution in [0.4, 0.5) is 0 Å². The van der Waals surface area contributed by atoms with Crippen molar-refractivity contribution in [2.24, 2.45) is 0 Å². The number of halogens is 1. The first-order valence-electron chi connectivity index (χ1n) is 7.29. The number of nitrogens with zero attached hydrogens (tertiary/aromatic N) is 1. The molecule has 0 aliphatic rings. The Bertz CT molecular complexity index is 625. The van der Waals surface area contributed by atoms with E-state index in [1.54, 1.807) is 4.90 Å². The van der Waals surface area contributed by atoms with Crippen molar-refractivity contribution in [3.8, 4) is 5.75 Å². The minimum Gasteiger partial charge on any atom is -0.494 e. The first-order valence-corrected chi connectivity index (χ1v) is 8.08. The van der Waals surface area contributed by atoms with Gasteiger partial charge in [-0.25, -0.2) is 0 Å². The number of carbonyl (C=O) groups is 1. The lowest BCUT2D eigenvalue weighted by molar-refractivity contribution is -0.129. The second-order valence-electron chi connectivity index (χ2n) is 5.09. The van der Waals surface area contributed by atoms with Crippen molar-refractivity contribution in [3.05, 3.63) is 64.1 Å². The average Bonchev–Trinajstić information content (AvgIpc) is 2.51. The van der Waals surface area contributed by atoms with Gasteiger partial charge in [0, 0.05) is 18.1 Å². The van der Waals surface area contributed by atoms with Gasteiger partial charge < -0.3 is 9.64 Å². The summed E-state index contributed by atoms with van der Waals surface area (Å²) < 4.78 is 6.43. The molecule has 0 aliphatic carbocycles. The number of likely N-dealkylation sites (N-methyl/N-ethyl adjacent to an activating group) is 1. The van der Waals surface area contributed by atoms with Crippen LogP contribution in [0.15, 0.2) is 53.0 Å². The second kappa shape index (κ2) is 7.99. The van der Waals surface area contributed by atoms with Crippen LogP contribution in [0.5, 0.6) is 5.75 Å². The third-order valence-corrected chi connectivity index (χ3v) is 4.15. The van der Waals surface area contributed by atoms with E-state index < -0.39 is 0 Å². The largest absolute Gasteiger partial charge is 0.494 e. The predicted molar refractivity (Wildman–Crippen MR) is 91.9 cm³/mol. The molecule has 0 aromatic heterocycles. The van der Waals surface area contributed by atoms with Gasteiger partial charge in [-0.2, -0.15) is 0 Å². The van der Waals surface area contributed by atoms with Gasteiger partial charge >= 0.3 is 0 Å². The summed E-state index contributed by atoms with van der Waals surface area (Å²) in [5, 5.41) is 0. The molecule has 0 fully saturated rings. The lowest BCUT2D eigenvalue weighted by atomic mass is 10.1. The first-order chi connectivity index (χ1) is 10.6. The topological polar surface area (TPSA) is 29.5 Å². The van der Waals surface area contributed by atoms with Crippen molar-refractivity contribution in [3.63, 3.8) is 0 Å². The fourth-order valence-corrected chi connectivity index (χ4v) is 2.56. The van der Waals surface area contributed by atoms with Gasteiger partial charge in [-0.1, -0.05) is 46.3 Å². The van der Waals surface area contributed by atoms with Gasteiger partial charge in [0.05, 0.1) is 13.0 Å². The molecule has 0 radical (unpaired) electrons. The summed E-state index contributed by atoms with van der Waals surface area (Å²) in [5.41, 5.74) is 2.09. The number of rotatable bonds is 6. The van der Waals surface area contributed by atoms with E-state index in [1.165, 1.54) is 0 Å². The minimum absolute atomic E-state index is 0.0971. The molecule has 0 aliphatic heterocycles. The lowest BCUT2D eigenvalue weighted by Gasteiger charge is -2.18. The molecule has 2 aromatic rings. The predicted octanol–water partition coefficient (Wildman–Crippen LogP) is 4.05. The molecular weight excluding hydrogens is 342 g/mol. The Morgan fingerprint density at radius 2 is 1.82 bits per heavy atom. The first kappa shape index (κ1) is 16.6. The Labute approximate surface area is 140 Å². The monoisotopic (exact) mass is 361 g/mol. The highest BCUT2D eigenvalue weighted by molar-refractivity contribution is 9.10. The van der Waals surface area contributed by atoms with Crippen molar-refractivity contribution < 1.29 is 9.53 Å². The Kier molecular flexibility index (Phi) is 6.01. The molecule has 0 saturated carbocycles. The standard InChI is InChI=1S/C18H20BrNO2/c1-3-22-16-10-8-14(9-11-16)12-18(21)20(2)13-15-6-4-5-7-17(15)19/h4-11H,3,12-13H2,1-2H3. The highest BCUT2D eigenvalue weighted by Crippen LogP contribution is 2.18. The minimum atomic E-state index is 0.0971. The van der Waals surface area contributed by atoms with Gasteiger partial charge in [0.2, 0.25) is 5.91 Å². The molecule has 0 atom stereocenters. The Morgan fingerprint density at radius 3 is 2.45 bits per heavy atom. The number of hydrogen-bond acceptors (Lipinski definition) is 2. The molecule has 0 unspecified atom stereocenters. The van der Waals surface area contributed by atoms with Crippen molar-refractivity contribution in [1.82, 2.24) is 4.90 Å². The van der Waals surface area contributed by atoms with Crippen LogP contribution < -0.4 is 4.74 Å². The van der Waals surface area contributed by atoms with Crippen LogP contribution >= 0.6 is 15.9 Å². The van der Waals surface area contributed by atoms with Gasteiger partial charge in [-0.05, 0) is 36.2 Å². The zero-order valence-corrected chi connectivity index (χ0v) is 14.5. The molecule has 22 heavy (non-hydrogen) atoms. The highest BCUT2D eigenvalue weighted by Gasteiger charge is 2.11. The fraction of sp³-hybridized carbons (Fsp3) is 0.278. The van der Waals surface area contributed by atoms with Crippen LogP contribution in [-0.2, 0) is 17.8 Å². The maximum Gasteiger partial charge on any atom is 0.227 e. The van der Waals surface area contributed by atoms with Crippen LogP contribution in [0.1, 0.15) is 18.1 Å². The maximum absolute atomic E-state index is 12.3. The SMILES string of the molecule is CCOc1ccc(CC(=O)N(C)Cc2ccccc2Br)cc1. The Morgan fingerprint density at radius 1 is 1.14 bits per heavy atom. The summed E-state index contributed by atoms with van der Waals surface area (Å²) in [6, 6.07) is 15.6. The van der Waals surface area contributed by atoms with Gasteiger partial charge in [0.1, 0.15) is 5.75 Å². The zero-order valence-electron chi connectivity index (χ0n) is 12.9. The Balaban J connectivity index is 1.95. The number of ether oxygens (including phenoxy) is 1. The maximum atomic E-state index is 12.3. The van der Waals surface area contributed by atoms with Crippen molar-refractivity contribution in [2.45, 2.75) is 19.9 Å². The third-order valence-electron chi connectivity index (χ3n) is 3.38. The normalized spacial score (nSPS) is 10.3. The molecule has 4 heteroatoms. The lowest BCUT2D eigenvalue weighted by Crippen LogP contribution is -2.27. The summed E-state index contributed by atoms with van der Waals surface area (Å²) in [5.74, 6) is 0.931. The summed E-state index contributed by atoms with van der Waals surface area (Å²) in [6.45, 7) is 3.19. The Hall–Kier alpha value is -1.81. The molecule has 0 spiro atoms. The zero-order chi connectivity index (χ0) is 15.9. The number of carbonyl (C=O) groups excluding carboxylic acids is 1. The summed E-state index contributed by atoms with van der Waals surface area (Å²) >= 11 is 3.51. The highest BCUT2D eigenvalue weighted by atomic mass is 79.9. The quantitative estimate of drug-likeness (QED) is 0.776. The fourth-order valence-electron chi connectivity index (χ4n) is 2.15. The molecule has 0 N–H and O–H groups in total. The summed E-state index contributed by atoms with van der Waals surface area (Å²) in [6.07, 6.45) is 0.396. The molecule has 2 rings (SSSR count). The van der Waals surface area contributed by atoms with E-state index in [9.17, 15) is 4.79 Å². The van der Waals surface area contributed by atoms with E-state index in [1.807, 2.05) is 62.5 Å². The molecule has 0 saturated heterocycles. The molecule has 2 aromatic carbocycles. The molecule has 0 heterocycles. The van der Waals surface area contributed by atoms with E-state index in [4.69, 9.17) is 4.74 Å².